The molecular formula is C33H22N2O8. The van der Waals surface area contributed by atoms with Gasteiger partial charge in [-0.1, -0.05) is 54.3 Å². The monoisotopic (exact) mass is 574 g/mol. The summed E-state index contributed by atoms with van der Waals surface area (Å²) in [4.78, 5) is 34.6. The molecule has 212 valence electrons. The number of fused-ring (bicyclic) bond motifs is 1. The Kier molecular flexibility index (Phi) is 8.54. The van der Waals surface area contributed by atoms with Crippen LogP contribution in [0.5, 0.6) is 11.5 Å². The van der Waals surface area contributed by atoms with Gasteiger partial charge in [-0.15, -0.1) is 0 Å². The molecule has 5 rings (SSSR count). The number of benzene rings is 4. The van der Waals surface area contributed by atoms with Gasteiger partial charge in [-0.3, -0.25) is 25.0 Å². The van der Waals surface area contributed by atoms with Gasteiger partial charge in [0.2, 0.25) is 5.43 Å². The highest BCUT2D eigenvalue weighted by molar-refractivity contribution is 5.84. The summed E-state index contributed by atoms with van der Waals surface area (Å²) >= 11 is 0. The number of hydrogen-bond acceptors (Lipinski definition) is 8. The van der Waals surface area contributed by atoms with Crippen LogP contribution in [0.1, 0.15) is 5.56 Å². The summed E-state index contributed by atoms with van der Waals surface area (Å²) in [6.45, 7) is -0.118. The van der Waals surface area contributed by atoms with E-state index in [1.807, 2.05) is 30.3 Å². The van der Waals surface area contributed by atoms with E-state index >= 15 is 0 Å². The quantitative estimate of drug-likeness (QED) is 0.106. The number of nitrogens with zero attached hydrogens (tertiary/aromatic N) is 2. The number of hydrogen-bond donors (Lipinski definition) is 0. The summed E-state index contributed by atoms with van der Waals surface area (Å²) in [5, 5.41) is 22.3. The maximum absolute atomic E-state index is 13.7. The predicted octanol–water partition coefficient (Wildman–Crippen LogP) is 6.82. The zero-order valence-electron chi connectivity index (χ0n) is 22.5. The van der Waals surface area contributed by atoms with Gasteiger partial charge in [-0.05, 0) is 42.5 Å². The highest BCUT2D eigenvalue weighted by Crippen LogP contribution is 2.28. The second-order valence-electron chi connectivity index (χ2n) is 9.09. The lowest BCUT2D eigenvalue weighted by molar-refractivity contribution is -0.385. The van der Waals surface area contributed by atoms with E-state index in [1.165, 1.54) is 48.5 Å². The first kappa shape index (κ1) is 28.3. The van der Waals surface area contributed by atoms with Gasteiger partial charge in [0.1, 0.15) is 36.1 Å². The van der Waals surface area contributed by atoms with Crippen molar-refractivity contribution in [2.24, 2.45) is 0 Å². The summed E-state index contributed by atoms with van der Waals surface area (Å²) in [6, 6.07) is 27.4. The van der Waals surface area contributed by atoms with Crippen LogP contribution in [-0.4, -0.2) is 23.1 Å². The van der Waals surface area contributed by atoms with Gasteiger partial charge in [0.25, 0.3) is 11.4 Å². The molecule has 0 N–H and O–H groups in total. The Morgan fingerprint density at radius 3 is 1.98 bits per heavy atom. The Balaban J connectivity index is 1.50. The molecule has 10 heteroatoms. The summed E-state index contributed by atoms with van der Waals surface area (Å²) < 4.78 is 17.7. The summed E-state index contributed by atoms with van der Waals surface area (Å²) in [5.74, 6) is 7.01. The molecule has 0 aliphatic heterocycles. The second-order valence-corrected chi connectivity index (χ2v) is 9.09. The number of non-ortho nitro benzene ring substituents is 2. The van der Waals surface area contributed by atoms with Crippen LogP contribution >= 0.6 is 0 Å². The molecule has 0 aliphatic rings. The van der Waals surface area contributed by atoms with Crippen LogP contribution in [-0.2, 0) is 0 Å². The van der Waals surface area contributed by atoms with Crippen LogP contribution in [0.25, 0.3) is 28.4 Å². The van der Waals surface area contributed by atoms with Gasteiger partial charge in [-0.2, -0.15) is 0 Å². The Hall–Kier alpha value is -6.21. The first-order valence-corrected chi connectivity index (χ1v) is 12.9. The number of ether oxygens (including phenoxy) is 2. The molecule has 0 aliphatic carbocycles. The van der Waals surface area contributed by atoms with Crippen LogP contribution in [0.15, 0.2) is 118 Å². The molecule has 0 unspecified atom stereocenters. The summed E-state index contributed by atoms with van der Waals surface area (Å²) in [7, 11) is 0. The number of para-hydroxylation sites is 1. The molecule has 0 bridgehead atoms. The fourth-order valence-corrected chi connectivity index (χ4v) is 4.14. The van der Waals surface area contributed by atoms with Crippen molar-refractivity contribution in [2.75, 3.05) is 13.2 Å². The van der Waals surface area contributed by atoms with Crippen molar-refractivity contribution in [3.8, 4) is 34.7 Å². The van der Waals surface area contributed by atoms with Gasteiger partial charge in [-0.25, -0.2) is 0 Å². The lowest BCUT2D eigenvalue weighted by Crippen LogP contribution is -2.09. The van der Waals surface area contributed by atoms with Crippen LogP contribution < -0.4 is 14.9 Å². The Morgan fingerprint density at radius 1 is 0.767 bits per heavy atom. The number of nitro groups is 2. The average molecular weight is 575 g/mol. The third-order valence-corrected chi connectivity index (χ3v) is 6.24. The average Bonchev–Trinajstić information content (AvgIpc) is 3.03. The standard InChI is InChI=1S/C33H22N2O8/c36-32-29-10-4-5-11-31(29)43-33(24-8-2-1-3-9-24)30(32)21-23(22-42-28-18-14-26(15-19-28)35(39)40)7-6-20-41-27-16-12-25(13-17-27)34(37)38/h1-5,8-19,21H,20,22H2/b23-21+. The van der Waals surface area contributed by atoms with Crippen molar-refractivity contribution in [3.05, 3.63) is 145 Å². The van der Waals surface area contributed by atoms with E-state index in [-0.39, 0.29) is 35.6 Å². The maximum Gasteiger partial charge on any atom is 0.269 e. The predicted molar refractivity (Wildman–Crippen MR) is 161 cm³/mol. The molecule has 5 aromatic rings. The molecule has 0 atom stereocenters. The lowest BCUT2D eigenvalue weighted by atomic mass is 10.0. The molecule has 10 nitrogen and oxygen atoms in total. The van der Waals surface area contributed by atoms with E-state index in [9.17, 15) is 25.0 Å². The highest BCUT2D eigenvalue weighted by atomic mass is 16.6. The highest BCUT2D eigenvalue weighted by Gasteiger charge is 2.15. The van der Waals surface area contributed by atoms with Crippen molar-refractivity contribution < 1.29 is 23.7 Å². The van der Waals surface area contributed by atoms with Crippen LogP contribution in [0.4, 0.5) is 11.4 Å². The minimum absolute atomic E-state index is 0.0510. The normalized spacial score (nSPS) is 10.9. The van der Waals surface area contributed by atoms with Crippen molar-refractivity contribution in [1.82, 2.24) is 0 Å². The molecule has 1 aromatic heterocycles. The third kappa shape index (κ3) is 6.93. The van der Waals surface area contributed by atoms with Gasteiger partial charge in [0.15, 0.2) is 0 Å². The molecule has 4 aromatic carbocycles. The van der Waals surface area contributed by atoms with E-state index in [4.69, 9.17) is 13.9 Å². The molecular weight excluding hydrogens is 552 g/mol. The topological polar surface area (TPSA) is 135 Å². The second kappa shape index (κ2) is 13.0. The van der Waals surface area contributed by atoms with E-state index in [0.29, 0.717) is 39.4 Å². The van der Waals surface area contributed by atoms with Gasteiger partial charge < -0.3 is 13.9 Å². The zero-order valence-corrected chi connectivity index (χ0v) is 22.5. The lowest BCUT2D eigenvalue weighted by Gasteiger charge is -2.10. The molecule has 0 saturated heterocycles. The molecule has 0 amide bonds. The summed E-state index contributed by atoms with van der Waals surface area (Å²) in [6.07, 6.45) is 1.60. The van der Waals surface area contributed by atoms with Gasteiger partial charge in [0, 0.05) is 35.4 Å². The SMILES string of the molecule is O=c1c(/C=C(\C#CCOc2ccc([N+](=O)[O-])cc2)COc2ccc([N+](=O)[O-])cc2)c(-c2ccccc2)oc2ccccc12. The first-order valence-electron chi connectivity index (χ1n) is 12.9. The number of nitro benzene ring substituents is 2. The van der Waals surface area contributed by atoms with E-state index < -0.39 is 9.85 Å². The largest absolute Gasteiger partial charge is 0.488 e. The third-order valence-electron chi connectivity index (χ3n) is 6.24. The van der Waals surface area contributed by atoms with Gasteiger partial charge >= 0.3 is 0 Å². The fourth-order valence-electron chi connectivity index (χ4n) is 4.14. The van der Waals surface area contributed by atoms with Crippen molar-refractivity contribution >= 4 is 28.4 Å². The van der Waals surface area contributed by atoms with E-state index in [1.54, 1.807) is 30.3 Å². The minimum Gasteiger partial charge on any atom is -0.488 e. The molecule has 0 spiro atoms. The molecule has 0 radical (unpaired) electrons. The molecule has 1 heterocycles. The van der Waals surface area contributed by atoms with E-state index in [0.717, 1.165) is 0 Å². The van der Waals surface area contributed by atoms with Crippen molar-refractivity contribution in [1.29, 1.82) is 0 Å². The van der Waals surface area contributed by atoms with E-state index in [2.05, 4.69) is 11.8 Å². The summed E-state index contributed by atoms with van der Waals surface area (Å²) in [5.41, 5.74) is 1.43. The van der Waals surface area contributed by atoms with Crippen molar-refractivity contribution in [2.45, 2.75) is 0 Å². The molecule has 0 fully saturated rings. The number of rotatable bonds is 9. The van der Waals surface area contributed by atoms with Crippen LogP contribution in [0, 0.1) is 32.1 Å². The van der Waals surface area contributed by atoms with Crippen LogP contribution in [0.2, 0.25) is 0 Å². The Bertz CT molecular complexity index is 1940. The maximum atomic E-state index is 13.7. The Labute approximate surface area is 244 Å². The van der Waals surface area contributed by atoms with Crippen LogP contribution in [0.3, 0.4) is 0 Å². The minimum atomic E-state index is -0.504. The first-order chi connectivity index (χ1) is 20.9. The molecule has 43 heavy (non-hydrogen) atoms. The zero-order chi connectivity index (χ0) is 30.2. The van der Waals surface area contributed by atoms with Gasteiger partial charge in [0.05, 0.1) is 20.8 Å². The smallest absolute Gasteiger partial charge is 0.269 e. The molecule has 0 saturated carbocycles. The Morgan fingerprint density at radius 2 is 1.35 bits per heavy atom. The van der Waals surface area contributed by atoms with Crippen molar-refractivity contribution in [3.63, 3.8) is 0 Å². The fraction of sp³-hybridized carbons (Fsp3) is 0.0606.